The second-order valence-corrected chi connectivity index (χ2v) is 6.99. The van der Waals surface area contributed by atoms with Gasteiger partial charge in [0.25, 0.3) is 0 Å². The first-order valence-electron chi connectivity index (χ1n) is 9.75. The highest BCUT2D eigenvalue weighted by Gasteiger charge is 2.52. The summed E-state index contributed by atoms with van der Waals surface area (Å²) in [5, 5.41) is 2.52. The molecule has 0 aliphatic carbocycles. The minimum Gasteiger partial charge on any atom is -0.463 e. The molecule has 2 rings (SSSR count). The van der Waals surface area contributed by atoms with Crippen molar-refractivity contribution in [2.45, 2.75) is 58.3 Å². The molecule has 11 heteroatoms. The van der Waals surface area contributed by atoms with Crippen LogP contribution in [0.5, 0.6) is 0 Å². The average molecular weight is 451 g/mol. The van der Waals surface area contributed by atoms with E-state index < -0.39 is 67.0 Å². The van der Waals surface area contributed by atoms with E-state index in [1.54, 1.807) is 18.2 Å². The van der Waals surface area contributed by atoms with Gasteiger partial charge in [-0.1, -0.05) is 18.2 Å². The van der Waals surface area contributed by atoms with Crippen LogP contribution in [-0.4, -0.2) is 67.0 Å². The number of hydrogen-bond donors (Lipinski definition) is 1. The number of amides is 1. The van der Waals surface area contributed by atoms with Crippen molar-refractivity contribution < 1.29 is 47.7 Å². The molecule has 5 atom stereocenters. The van der Waals surface area contributed by atoms with Gasteiger partial charge in [-0.15, -0.1) is 0 Å². The van der Waals surface area contributed by atoms with Crippen LogP contribution in [0.25, 0.3) is 0 Å². The van der Waals surface area contributed by atoms with Gasteiger partial charge in [-0.3, -0.25) is 19.2 Å². The van der Waals surface area contributed by atoms with Crippen molar-refractivity contribution >= 4 is 29.8 Å². The van der Waals surface area contributed by atoms with Crippen LogP contribution in [0, 0.1) is 0 Å². The lowest BCUT2D eigenvalue weighted by Gasteiger charge is -2.44. The van der Waals surface area contributed by atoms with Crippen LogP contribution < -0.4 is 5.32 Å². The molecule has 0 aromatic heterocycles. The van der Waals surface area contributed by atoms with Gasteiger partial charge in [-0.05, 0) is 12.1 Å². The van der Waals surface area contributed by atoms with E-state index in [9.17, 15) is 24.0 Å². The van der Waals surface area contributed by atoms with Gasteiger partial charge in [-0.2, -0.15) is 0 Å². The number of rotatable bonds is 7. The molecule has 32 heavy (non-hydrogen) atoms. The van der Waals surface area contributed by atoms with Gasteiger partial charge >= 0.3 is 23.9 Å². The summed E-state index contributed by atoms with van der Waals surface area (Å²) in [6.07, 6.45) is -5.18. The Morgan fingerprint density at radius 3 is 1.97 bits per heavy atom. The zero-order valence-corrected chi connectivity index (χ0v) is 18.1. The Morgan fingerprint density at radius 2 is 1.44 bits per heavy atom. The van der Waals surface area contributed by atoms with Gasteiger partial charge in [0.2, 0.25) is 12.2 Å². The van der Waals surface area contributed by atoms with E-state index >= 15 is 0 Å². The third kappa shape index (κ3) is 7.05. The average Bonchev–Trinajstić information content (AvgIpc) is 2.70. The van der Waals surface area contributed by atoms with Gasteiger partial charge in [-0.25, -0.2) is 4.79 Å². The highest BCUT2D eigenvalue weighted by atomic mass is 16.7. The van der Waals surface area contributed by atoms with Gasteiger partial charge in [0.05, 0.1) is 5.56 Å². The first kappa shape index (κ1) is 24.8. The second-order valence-electron chi connectivity index (χ2n) is 6.99. The van der Waals surface area contributed by atoms with Crippen LogP contribution in [-0.2, 0) is 42.9 Å². The predicted molar refractivity (Wildman–Crippen MR) is 106 cm³/mol. The van der Waals surface area contributed by atoms with Gasteiger partial charge < -0.3 is 29.0 Å². The molecule has 1 aliphatic rings. The van der Waals surface area contributed by atoms with Crippen molar-refractivity contribution in [2.24, 2.45) is 0 Å². The molecule has 1 fully saturated rings. The molecule has 1 aromatic rings. The maximum Gasteiger partial charge on any atom is 0.340 e. The monoisotopic (exact) mass is 451 g/mol. The van der Waals surface area contributed by atoms with E-state index in [1.165, 1.54) is 26.0 Å². The fraction of sp³-hybridized carbons (Fsp3) is 0.476. The number of ether oxygens (including phenoxy) is 5. The highest BCUT2D eigenvalue weighted by molar-refractivity contribution is 5.89. The van der Waals surface area contributed by atoms with E-state index in [0.717, 1.165) is 13.8 Å². The Morgan fingerprint density at radius 1 is 0.844 bits per heavy atom. The lowest BCUT2D eigenvalue weighted by Crippen LogP contribution is -2.66. The number of nitrogens with one attached hydrogen (secondary N) is 1. The van der Waals surface area contributed by atoms with Crippen LogP contribution in [0.15, 0.2) is 30.3 Å². The molecule has 1 N–H and O–H groups in total. The van der Waals surface area contributed by atoms with Crippen LogP contribution in [0.1, 0.15) is 38.1 Å². The predicted octanol–water partition coefficient (Wildman–Crippen LogP) is 0.499. The molecule has 0 unspecified atom stereocenters. The van der Waals surface area contributed by atoms with Gasteiger partial charge in [0, 0.05) is 27.7 Å². The standard InChI is InChI=1S/C21H25NO10/c1-11(23)22-17-19(30-14(4)26)18(29-13(3)25)16(10-28-12(2)24)31-21(17)32-20(27)15-8-6-5-7-9-15/h5-9,16-19,21H,10H2,1-4H3,(H,22,23)/t16-,17+,18+,19+,21+/m0/s1. The Hall–Kier alpha value is -3.47. The van der Waals surface area contributed by atoms with Gasteiger partial charge in [0.15, 0.2) is 12.2 Å². The third-order valence-corrected chi connectivity index (χ3v) is 4.30. The molecule has 11 nitrogen and oxygen atoms in total. The minimum atomic E-state index is -1.46. The Labute approximate surface area is 184 Å². The minimum absolute atomic E-state index is 0.209. The van der Waals surface area contributed by atoms with E-state index in [2.05, 4.69) is 5.32 Å². The molecular weight excluding hydrogens is 426 g/mol. The number of benzene rings is 1. The molecule has 1 heterocycles. The molecule has 1 aliphatic heterocycles. The quantitative estimate of drug-likeness (QED) is 0.460. The van der Waals surface area contributed by atoms with Crippen LogP contribution in [0.4, 0.5) is 0 Å². The fourth-order valence-corrected chi connectivity index (χ4v) is 3.14. The summed E-state index contributed by atoms with van der Waals surface area (Å²) < 4.78 is 26.8. The third-order valence-electron chi connectivity index (χ3n) is 4.30. The molecule has 1 aromatic carbocycles. The summed E-state index contributed by atoms with van der Waals surface area (Å²) >= 11 is 0. The molecule has 0 saturated carbocycles. The highest BCUT2D eigenvalue weighted by Crippen LogP contribution is 2.28. The van der Waals surface area contributed by atoms with Crippen molar-refractivity contribution in [2.75, 3.05) is 6.61 Å². The topological polar surface area (TPSA) is 144 Å². The molecule has 0 spiro atoms. The van der Waals surface area contributed by atoms with Crippen molar-refractivity contribution in [3.05, 3.63) is 35.9 Å². The summed E-state index contributed by atoms with van der Waals surface area (Å²) in [5.41, 5.74) is 0.209. The van der Waals surface area contributed by atoms with Gasteiger partial charge in [0.1, 0.15) is 18.8 Å². The number of carbonyl (C=O) groups excluding carboxylic acids is 5. The van der Waals surface area contributed by atoms with Crippen LogP contribution in [0.3, 0.4) is 0 Å². The molecule has 1 amide bonds. The Bertz CT molecular complexity index is 855. The van der Waals surface area contributed by atoms with Crippen LogP contribution in [0.2, 0.25) is 0 Å². The molecule has 0 radical (unpaired) electrons. The summed E-state index contributed by atoms with van der Waals surface area (Å²) in [6, 6.07) is 6.78. The SMILES string of the molecule is CC(=O)N[C@H]1[C@@H](OC(=O)c2ccccc2)O[C@@H](COC(C)=O)[C@@H](OC(C)=O)[C@@H]1OC(C)=O. The second kappa shape index (κ2) is 11.2. The zero-order valence-electron chi connectivity index (χ0n) is 18.1. The first-order valence-corrected chi connectivity index (χ1v) is 9.75. The first-order chi connectivity index (χ1) is 15.1. The smallest absolute Gasteiger partial charge is 0.340 e. The maximum atomic E-state index is 12.6. The summed E-state index contributed by atoms with van der Waals surface area (Å²) in [5.74, 6) is -3.43. The van der Waals surface area contributed by atoms with E-state index in [-0.39, 0.29) is 5.56 Å². The van der Waals surface area contributed by atoms with Crippen molar-refractivity contribution in [1.29, 1.82) is 0 Å². The van der Waals surface area contributed by atoms with Crippen molar-refractivity contribution in [3.63, 3.8) is 0 Å². The summed E-state index contributed by atoms with van der Waals surface area (Å²) in [6.45, 7) is 4.23. The van der Waals surface area contributed by atoms with Crippen LogP contribution >= 0.6 is 0 Å². The van der Waals surface area contributed by atoms with E-state index in [0.29, 0.717) is 0 Å². The van der Waals surface area contributed by atoms with Crippen molar-refractivity contribution in [1.82, 2.24) is 5.32 Å². The molecule has 174 valence electrons. The Balaban J connectivity index is 2.42. The summed E-state index contributed by atoms with van der Waals surface area (Å²) in [7, 11) is 0. The number of esters is 4. The lowest BCUT2D eigenvalue weighted by molar-refractivity contribution is -0.263. The molecule has 1 saturated heterocycles. The molecular formula is C21H25NO10. The number of carbonyl (C=O) groups is 5. The maximum absolute atomic E-state index is 12.6. The fourth-order valence-electron chi connectivity index (χ4n) is 3.14. The summed E-state index contributed by atoms with van der Waals surface area (Å²) in [4.78, 5) is 59.3. The normalized spacial score (nSPS) is 24.6. The Kier molecular flexibility index (Phi) is 8.71. The largest absolute Gasteiger partial charge is 0.463 e. The van der Waals surface area contributed by atoms with E-state index in [4.69, 9.17) is 23.7 Å². The number of hydrogen-bond acceptors (Lipinski definition) is 10. The van der Waals surface area contributed by atoms with Crippen molar-refractivity contribution in [3.8, 4) is 0 Å². The molecule has 0 bridgehead atoms. The lowest BCUT2D eigenvalue weighted by atomic mass is 9.96. The zero-order chi connectivity index (χ0) is 23.8. The van der Waals surface area contributed by atoms with E-state index in [1.807, 2.05) is 0 Å².